The van der Waals surface area contributed by atoms with Crippen LogP contribution in [-0.4, -0.2) is 32.4 Å². The summed E-state index contributed by atoms with van der Waals surface area (Å²) in [5, 5.41) is 4.58. The SMILES string of the molecule is CCOc1ccc(C2CCCN2Cn2ncn(-c3ccccc3C)c2=S)cc1. The van der Waals surface area contributed by atoms with E-state index in [1.807, 2.05) is 34.6 Å². The Balaban J connectivity index is 1.54. The van der Waals surface area contributed by atoms with Crippen LogP contribution in [0.1, 0.15) is 36.9 Å². The maximum Gasteiger partial charge on any atom is 0.203 e. The quantitative estimate of drug-likeness (QED) is 0.557. The Morgan fingerprint density at radius 1 is 1.14 bits per heavy atom. The first-order valence-electron chi connectivity index (χ1n) is 9.84. The standard InChI is InChI=1S/C22H26N4OS/c1-3-27-19-12-10-18(11-13-19)21-9-6-14-24(21)16-26-22(28)25(15-23-26)20-8-5-4-7-17(20)2/h4-5,7-8,10-13,15,21H,3,6,9,14,16H2,1-2H3. The summed E-state index contributed by atoms with van der Waals surface area (Å²) in [5.41, 5.74) is 3.60. The van der Waals surface area contributed by atoms with E-state index >= 15 is 0 Å². The molecule has 5 nitrogen and oxygen atoms in total. The van der Waals surface area contributed by atoms with Crippen LogP contribution >= 0.6 is 12.2 Å². The summed E-state index contributed by atoms with van der Waals surface area (Å²) in [7, 11) is 0. The van der Waals surface area contributed by atoms with Gasteiger partial charge in [-0.15, -0.1) is 0 Å². The number of aryl methyl sites for hydroxylation is 1. The Morgan fingerprint density at radius 2 is 1.93 bits per heavy atom. The van der Waals surface area contributed by atoms with Crippen molar-refractivity contribution in [2.45, 2.75) is 39.4 Å². The number of para-hydroxylation sites is 1. The largest absolute Gasteiger partial charge is 0.494 e. The molecule has 0 amide bonds. The topological polar surface area (TPSA) is 35.2 Å². The average molecular weight is 395 g/mol. The minimum atomic E-state index is 0.390. The highest BCUT2D eigenvalue weighted by Gasteiger charge is 2.26. The number of benzene rings is 2. The van der Waals surface area contributed by atoms with Gasteiger partial charge < -0.3 is 4.74 Å². The number of rotatable bonds is 6. The van der Waals surface area contributed by atoms with Crippen LogP contribution in [0.15, 0.2) is 54.9 Å². The Hall–Kier alpha value is -2.44. The highest BCUT2D eigenvalue weighted by Crippen LogP contribution is 2.33. The first-order valence-corrected chi connectivity index (χ1v) is 10.3. The maximum absolute atomic E-state index is 5.72. The van der Waals surface area contributed by atoms with Gasteiger partial charge in [0.2, 0.25) is 4.77 Å². The van der Waals surface area contributed by atoms with Crippen molar-refractivity contribution in [3.63, 3.8) is 0 Å². The third-order valence-corrected chi connectivity index (χ3v) is 5.77. The second-order valence-corrected chi connectivity index (χ2v) is 7.55. The van der Waals surface area contributed by atoms with Gasteiger partial charge in [0.05, 0.1) is 19.0 Å². The lowest BCUT2D eigenvalue weighted by Crippen LogP contribution is -2.27. The number of hydrogen-bond acceptors (Lipinski definition) is 4. The van der Waals surface area contributed by atoms with Crippen LogP contribution in [0, 0.1) is 11.7 Å². The van der Waals surface area contributed by atoms with Gasteiger partial charge in [-0.3, -0.25) is 9.47 Å². The lowest BCUT2D eigenvalue weighted by molar-refractivity contribution is 0.190. The molecule has 28 heavy (non-hydrogen) atoms. The molecule has 2 aromatic carbocycles. The van der Waals surface area contributed by atoms with Crippen molar-refractivity contribution in [2.75, 3.05) is 13.2 Å². The molecule has 1 fully saturated rings. The predicted molar refractivity (Wildman–Crippen MR) is 113 cm³/mol. The molecule has 0 radical (unpaired) electrons. The number of hydrogen-bond donors (Lipinski definition) is 0. The lowest BCUT2D eigenvalue weighted by Gasteiger charge is -2.24. The van der Waals surface area contributed by atoms with Crippen LogP contribution in [0.5, 0.6) is 5.75 Å². The van der Waals surface area contributed by atoms with Gasteiger partial charge in [0, 0.05) is 12.6 Å². The van der Waals surface area contributed by atoms with E-state index in [4.69, 9.17) is 17.0 Å². The van der Waals surface area contributed by atoms with Crippen molar-refractivity contribution >= 4 is 12.2 Å². The summed E-state index contributed by atoms with van der Waals surface area (Å²) in [6.07, 6.45) is 4.16. The molecule has 2 heterocycles. The van der Waals surface area contributed by atoms with Gasteiger partial charge in [-0.1, -0.05) is 30.3 Å². The van der Waals surface area contributed by atoms with E-state index in [2.05, 4.69) is 53.3 Å². The molecule has 1 atom stereocenters. The van der Waals surface area contributed by atoms with Crippen LogP contribution < -0.4 is 4.74 Å². The molecule has 0 spiro atoms. The molecule has 3 aromatic rings. The molecule has 1 saturated heterocycles. The van der Waals surface area contributed by atoms with E-state index in [9.17, 15) is 0 Å². The van der Waals surface area contributed by atoms with Crippen LogP contribution in [0.4, 0.5) is 0 Å². The molecule has 0 aliphatic carbocycles. The highest BCUT2D eigenvalue weighted by molar-refractivity contribution is 7.71. The second kappa shape index (κ2) is 8.29. The van der Waals surface area contributed by atoms with E-state index in [1.54, 1.807) is 0 Å². The van der Waals surface area contributed by atoms with Gasteiger partial charge in [0.25, 0.3) is 0 Å². The zero-order valence-electron chi connectivity index (χ0n) is 16.4. The van der Waals surface area contributed by atoms with Crippen LogP contribution in [0.25, 0.3) is 5.69 Å². The van der Waals surface area contributed by atoms with Gasteiger partial charge in [-0.2, -0.15) is 5.10 Å². The molecule has 1 aromatic heterocycles. The van der Waals surface area contributed by atoms with E-state index in [0.717, 1.165) is 29.2 Å². The molecule has 1 unspecified atom stereocenters. The van der Waals surface area contributed by atoms with Crippen LogP contribution in [-0.2, 0) is 6.67 Å². The van der Waals surface area contributed by atoms with E-state index in [-0.39, 0.29) is 0 Å². The number of aromatic nitrogens is 3. The minimum Gasteiger partial charge on any atom is -0.494 e. The van der Waals surface area contributed by atoms with E-state index < -0.39 is 0 Å². The zero-order chi connectivity index (χ0) is 19.5. The lowest BCUT2D eigenvalue weighted by atomic mass is 10.0. The predicted octanol–water partition coefficient (Wildman–Crippen LogP) is 4.91. The number of ether oxygens (including phenoxy) is 1. The van der Waals surface area contributed by atoms with Crippen molar-refractivity contribution in [1.29, 1.82) is 0 Å². The summed E-state index contributed by atoms with van der Waals surface area (Å²) < 4.78 is 10.2. The van der Waals surface area contributed by atoms with E-state index in [0.29, 0.717) is 19.3 Å². The summed E-state index contributed by atoms with van der Waals surface area (Å²) in [6.45, 7) is 6.55. The molecule has 0 saturated carbocycles. The van der Waals surface area contributed by atoms with Gasteiger partial charge in [-0.05, 0) is 68.2 Å². The van der Waals surface area contributed by atoms with Gasteiger partial charge in [0.15, 0.2) is 0 Å². The first-order chi connectivity index (χ1) is 13.7. The van der Waals surface area contributed by atoms with Crippen molar-refractivity contribution in [1.82, 2.24) is 19.2 Å². The summed E-state index contributed by atoms with van der Waals surface area (Å²) in [6, 6.07) is 17.1. The minimum absolute atomic E-state index is 0.390. The summed E-state index contributed by atoms with van der Waals surface area (Å²) in [5.74, 6) is 0.926. The summed E-state index contributed by atoms with van der Waals surface area (Å²) >= 11 is 5.72. The average Bonchev–Trinajstić information content (AvgIpc) is 3.31. The van der Waals surface area contributed by atoms with Crippen molar-refractivity contribution in [3.8, 4) is 11.4 Å². The van der Waals surface area contributed by atoms with Gasteiger partial charge in [0.1, 0.15) is 12.1 Å². The van der Waals surface area contributed by atoms with Crippen LogP contribution in [0.2, 0.25) is 0 Å². The Bertz CT molecular complexity index is 992. The third-order valence-electron chi connectivity index (χ3n) is 5.36. The number of likely N-dealkylation sites (tertiary alicyclic amines) is 1. The van der Waals surface area contributed by atoms with Crippen molar-refractivity contribution < 1.29 is 4.74 Å². The second-order valence-electron chi connectivity index (χ2n) is 7.18. The summed E-state index contributed by atoms with van der Waals surface area (Å²) in [4.78, 5) is 2.46. The van der Waals surface area contributed by atoms with Crippen LogP contribution in [0.3, 0.4) is 0 Å². The maximum atomic E-state index is 5.72. The highest BCUT2D eigenvalue weighted by atomic mass is 32.1. The molecule has 1 aliphatic rings. The van der Waals surface area contributed by atoms with E-state index in [1.165, 1.54) is 17.5 Å². The smallest absolute Gasteiger partial charge is 0.203 e. The fraction of sp³-hybridized carbons (Fsp3) is 0.364. The zero-order valence-corrected chi connectivity index (χ0v) is 17.2. The Kier molecular flexibility index (Phi) is 5.59. The molecular formula is C22H26N4OS. The third kappa shape index (κ3) is 3.75. The fourth-order valence-electron chi connectivity index (χ4n) is 3.93. The normalized spacial score (nSPS) is 17.1. The molecule has 1 aliphatic heterocycles. The monoisotopic (exact) mass is 394 g/mol. The van der Waals surface area contributed by atoms with Crippen molar-refractivity contribution in [2.24, 2.45) is 0 Å². The molecule has 146 valence electrons. The molecule has 4 rings (SSSR count). The first kappa shape index (κ1) is 18.9. The van der Waals surface area contributed by atoms with Crippen molar-refractivity contribution in [3.05, 3.63) is 70.8 Å². The molecule has 6 heteroatoms. The Labute approximate surface area is 171 Å². The fourth-order valence-corrected chi connectivity index (χ4v) is 4.18. The molecule has 0 bridgehead atoms. The molecule has 0 N–H and O–H groups in total. The molecular weight excluding hydrogens is 368 g/mol. The Morgan fingerprint density at radius 3 is 2.68 bits per heavy atom. The van der Waals surface area contributed by atoms with Gasteiger partial charge >= 0.3 is 0 Å². The van der Waals surface area contributed by atoms with Gasteiger partial charge in [-0.25, -0.2) is 4.68 Å². The number of nitrogens with zero attached hydrogens (tertiary/aromatic N) is 4.